The van der Waals surface area contributed by atoms with Crippen LogP contribution in [0.5, 0.6) is 17.2 Å². The van der Waals surface area contributed by atoms with Crippen LogP contribution in [0.3, 0.4) is 0 Å². The Morgan fingerprint density at radius 3 is 2.38 bits per heavy atom. The predicted molar refractivity (Wildman–Crippen MR) is 111 cm³/mol. The first-order valence-electron chi connectivity index (χ1n) is 9.84. The van der Waals surface area contributed by atoms with E-state index in [9.17, 15) is 4.79 Å². The molecule has 1 aliphatic rings. The molecule has 1 saturated heterocycles. The van der Waals surface area contributed by atoms with Crippen molar-refractivity contribution in [2.45, 2.75) is 19.4 Å². The standard InChI is InChI=1S/C22H29N3O4/c1-27-19-11-18(12-20(28-2)21(19)29-3)22(26)24-14-16-6-9-25(10-7-16)15-17-5-4-8-23-13-17/h4-5,8,11-13,16H,6-7,9-10,14-15H2,1-3H3,(H,24,26). The van der Waals surface area contributed by atoms with E-state index in [0.717, 1.165) is 32.5 Å². The first-order chi connectivity index (χ1) is 14.1. The van der Waals surface area contributed by atoms with E-state index in [0.29, 0.717) is 35.3 Å². The van der Waals surface area contributed by atoms with Crippen molar-refractivity contribution in [3.63, 3.8) is 0 Å². The van der Waals surface area contributed by atoms with Crippen LogP contribution in [-0.2, 0) is 6.54 Å². The smallest absolute Gasteiger partial charge is 0.251 e. The normalized spacial score (nSPS) is 15.0. The molecule has 0 atom stereocenters. The fraction of sp³-hybridized carbons (Fsp3) is 0.455. The molecule has 1 amide bonds. The Bertz CT molecular complexity index is 780. The van der Waals surface area contributed by atoms with Gasteiger partial charge in [-0.25, -0.2) is 0 Å². The Hall–Kier alpha value is -2.80. The zero-order valence-electron chi connectivity index (χ0n) is 17.3. The first kappa shape index (κ1) is 20.9. The molecule has 1 aromatic carbocycles. The average molecular weight is 399 g/mol. The fourth-order valence-corrected chi connectivity index (χ4v) is 3.65. The number of nitrogens with one attached hydrogen (secondary N) is 1. The van der Waals surface area contributed by atoms with Crippen molar-refractivity contribution in [2.24, 2.45) is 5.92 Å². The van der Waals surface area contributed by atoms with Gasteiger partial charge in [0.15, 0.2) is 11.5 Å². The van der Waals surface area contributed by atoms with Gasteiger partial charge in [0.1, 0.15) is 0 Å². The van der Waals surface area contributed by atoms with Crippen molar-refractivity contribution < 1.29 is 19.0 Å². The molecule has 0 unspecified atom stereocenters. The van der Waals surface area contributed by atoms with Crippen molar-refractivity contribution in [1.82, 2.24) is 15.2 Å². The number of carbonyl (C=O) groups excluding carboxylic acids is 1. The number of nitrogens with zero attached hydrogens (tertiary/aromatic N) is 2. The largest absolute Gasteiger partial charge is 0.493 e. The number of ether oxygens (including phenoxy) is 3. The third-order valence-corrected chi connectivity index (χ3v) is 5.31. The van der Waals surface area contributed by atoms with Crippen molar-refractivity contribution in [2.75, 3.05) is 41.0 Å². The molecule has 0 aliphatic carbocycles. The molecule has 29 heavy (non-hydrogen) atoms. The maximum Gasteiger partial charge on any atom is 0.251 e. The molecule has 7 nitrogen and oxygen atoms in total. The van der Waals surface area contributed by atoms with Crippen LogP contribution in [0.15, 0.2) is 36.7 Å². The monoisotopic (exact) mass is 399 g/mol. The van der Waals surface area contributed by atoms with Crippen LogP contribution in [0.4, 0.5) is 0 Å². The van der Waals surface area contributed by atoms with E-state index in [4.69, 9.17) is 14.2 Å². The van der Waals surface area contributed by atoms with Crippen molar-refractivity contribution in [3.8, 4) is 17.2 Å². The lowest BCUT2D eigenvalue weighted by Gasteiger charge is -2.32. The lowest BCUT2D eigenvalue weighted by Crippen LogP contribution is -2.38. The summed E-state index contributed by atoms with van der Waals surface area (Å²) in [4.78, 5) is 19.3. The summed E-state index contributed by atoms with van der Waals surface area (Å²) in [6.07, 6.45) is 5.85. The summed E-state index contributed by atoms with van der Waals surface area (Å²) in [5, 5.41) is 3.05. The highest BCUT2D eigenvalue weighted by atomic mass is 16.5. The molecule has 2 aromatic rings. The topological polar surface area (TPSA) is 72.9 Å². The second-order valence-electron chi connectivity index (χ2n) is 7.20. The second-order valence-corrected chi connectivity index (χ2v) is 7.20. The Kier molecular flexibility index (Phi) is 7.30. The first-order valence-corrected chi connectivity index (χ1v) is 9.84. The van der Waals surface area contributed by atoms with Crippen LogP contribution in [-0.4, -0.2) is 56.8 Å². The molecular formula is C22H29N3O4. The molecule has 3 rings (SSSR count). The summed E-state index contributed by atoms with van der Waals surface area (Å²) in [7, 11) is 4.62. The lowest BCUT2D eigenvalue weighted by molar-refractivity contribution is 0.0934. The van der Waals surface area contributed by atoms with Crippen LogP contribution < -0.4 is 19.5 Å². The Morgan fingerprint density at radius 2 is 1.83 bits per heavy atom. The fourth-order valence-electron chi connectivity index (χ4n) is 3.65. The van der Waals surface area contributed by atoms with Crippen molar-refractivity contribution in [3.05, 3.63) is 47.8 Å². The van der Waals surface area contributed by atoms with Crippen molar-refractivity contribution >= 4 is 5.91 Å². The van der Waals surface area contributed by atoms with E-state index in [2.05, 4.69) is 21.3 Å². The molecule has 7 heteroatoms. The molecule has 1 fully saturated rings. The molecule has 0 radical (unpaired) electrons. The molecule has 1 N–H and O–H groups in total. The molecule has 0 spiro atoms. The minimum atomic E-state index is -0.137. The van der Waals surface area contributed by atoms with Crippen LogP contribution in [0, 0.1) is 5.92 Å². The zero-order valence-corrected chi connectivity index (χ0v) is 17.3. The Morgan fingerprint density at radius 1 is 1.14 bits per heavy atom. The van der Waals surface area contributed by atoms with E-state index in [1.165, 1.54) is 19.8 Å². The minimum absolute atomic E-state index is 0.137. The van der Waals surface area contributed by atoms with Gasteiger partial charge in [0.2, 0.25) is 5.75 Å². The average Bonchev–Trinajstić information content (AvgIpc) is 2.78. The number of pyridine rings is 1. The van der Waals surface area contributed by atoms with Gasteiger partial charge in [-0.15, -0.1) is 0 Å². The molecule has 156 valence electrons. The lowest BCUT2D eigenvalue weighted by atomic mass is 9.96. The maximum atomic E-state index is 12.6. The maximum absolute atomic E-state index is 12.6. The van der Waals surface area contributed by atoms with Crippen LogP contribution in [0.25, 0.3) is 0 Å². The van der Waals surface area contributed by atoms with Gasteiger partial charge in [-0.1, -0.05) is 6.07 Å². The highest BCUT2D eigenvalue weighted by molar-refractivity contribution is 5.95. The predicted octanol–water partition coefficient (Wildman–Crippen LogP) is 2.75. The van der Waals surface area contributed by atoms with Crippen molar-refractivity contribution in [1.29, 1.82) is 0 Å². The van der Waals surface area contributed by atoms with Gasteiger partial charge >= 0.3 is 0 Å². The minimum Gasteiger partial charge on any atom is -0.493 e. The van der Waals surface area contributed by atoms with Crippen LogP contribution in [0.1, 0.15) is 28.8 Å². The Balaban J connectivity index is 1.51. The highest BCUT2D eigenvalue weighted by Gasteiger charge is 2.21. The summed E-state index contributed by atoms with van der Waals surface area (Å²) in [6.45, 7) is 3.65. The number of likely N-dealkylation sites (tertiary alicyclic amines) is 1. The van der Waals surface area contributed by atoms with Crippen LogP contribution in [0.2, 0.25) is 0 Å². The van der Waals surface area contributed by atoms with Gasteiger partial charge < -0.3 is 19.5 Å². The van der Waals surface area contributed by atoms with E-state index < -0.39 is 0 Å². The molecule has 0 saturated carbocycles. The Labute approximate surface area is 172 Å². The van der Waals surface area contributed by atoms with Gasteiger partial charge in [0.25, 0.3) is 5.91 Å². The molecular weight excluding hydrogens is 370 g/mol. The summed E-state index contributed by atoms with van der Waals surface area (Å²) in [5.41, 5.74) is 1.73. The van der Waals surface area contributed by atoms with Gasteiger partial charge in [0, 0.05) is 31.0 Å². The summed E-state index contributed by atoms with van der Waals surface area (Å²) < 4.78 is 16.0. The molecule has 2 heterocycles. The number of hydrogen-bond donors (Lipinski definition) is 1. The van der Waals surface area contributed by atoms with Gasteiger partial charge in [-0.05, 0) is 55.6 Å². The number of piperidine rings is 1. The van der Waals surface area contributed by atoms with Crippen LogP contribution >= 0.6 is 0 Å². The quantitative estimate of drug-likeness (QED) is 0.736. The zero-order chi connectivity index (χ0) is 20.6. The van der Waals surface area contributed by atoms with E-state index in [-0.39, 0.29) is 5.91 Å². The summed E-state index contributed by atoms with van der Waals surface area (Å²) in [6, 6.07) is 7.43. The SMILES string of the molecule is COc1cc(C(=O)NCC2CCN(Cc3cccnc3)CC2)cc(OC)c1OC. The van der Waals surface area contributed by atoms with E-state index in [1.807, 2.05) is 12.3 Å². The van der Waals surface area contributed by atoms with Gasteiger partial charge in [-0.3, -0.25) is 14.7 Å². The third-order valence-electron chi connectivity index (χ3n) is 5.31. The van der Waals surface area contributed by atoms with Gasteiger partial charge in [0.05, 0.1) is 21.3 Å². The number of aromatic nitrogens is 1. The van der Waals surface area contributed by atoms with E-state index >= 15 is 0 Å². The summed E-state index contributed by atoms with van der Waals surface area (Å²) >= 11 is 0. The molecule has 0 bridgehead atoms. The number of methoxy groups -OCH3 is 3. The third kappa shape index (κ3) is 5.38. The number of hydrogen-bond acceptors (Lipinski definition) is 6. The number of amides is 1. The number of rotatable bonds is 8. The van der Waals surface area contributed by atoms with E-state index in [1.54, 1.807) is 25.4 Å². The second kappa shape index (κ2) is 10.1. The number of benzene rings is 1. The highest BCUT2D eigenvalue weighted by Crippen LogP contribution is 2.38. The molecule has 1 aromatic heterocycles. The van der Waals surface area contributed by atoms with Gasteiger partial charge in [-0.2, -0.15) is 0 Å². The summed E-state index contributed by atoms with van der Waals surface area (Å²) in [5.74, 6) is 1.77. The molecule has 1 aliphatic heterocycles. The number of carbonyl (C=O) groups is 1.